The van der Waals surface area contributed by atoms with E-state index in [9.17, 15) is 13.2 Å². The Morgan fingerprint density at radius 1 is 0.974 bits per heavy atom. The predicted molar refractivity (Wildman–Crippen MR) is 152 cm³/mol. The van der Waals surface area contributed by atoms with Gasteiger partial charge in [0.2, 0.25) is 0 Å². The number of aryl methyl sites for hydroxylation is 1. The van der Waals surface area contributed by atoms with Crippen molar-refractivity contribution in [2.45, 2.75) is 18.2 Å². The minimum Gasteiger partial charge on any atom is -0.484 e. The molecule has 38 heavy (non-hydrogen) atoms. The van der Waals surface area contributed by atoms with Gasteiger partial charge in [0.25, 0.3) is 15.9 Å². The van der Waals surface area contributed by atoms with E-state index in [-0.39, 0.29) is 17.4 Å². The average molecular weight is 574 g/mol. The van der Waals surface area contributed by atoms with Crippen LogP contribution in [-0.2, 0) is 14.8 Å². The quantitative estimate of drug-likeness (QED) is 0.200. The second-order valence-corrected chi connectivity index (χ2v) is 11.0. The number of carbonyl (C=O) groups excluding carboxylic acids is 1. The third-order valence-electron chi connectivity index (χ3n) is 5.62. The molecule has 0 radical (unpaired) electrons. The van der Waals surface area contributed by atoms with E-state index in [4.69, 9.17) is 27.9 Å². The summed E-state index contributed by atoms with van der Waals surface area (Å²) in [5, 5.41) is 8.23. The molecule has 0 fully saturated rings. The fourth-order valence-electron chi connectivity index (χ4n) is 3.60. The second kappa shape index (κ2) is 12.3. The summed E-state index contributed by atoms with van der Waals surface area (Å²) in [7, 11) is -3.80. The van der Waals surface area contributed by atoms with Crippen LogP contribution in [0.4, 0.5) is 11.4 Å². The van der Waals surface area contributed by atoms with Gasteiger partial charge in [0.1, 0.15) is 5.75 Å². The molecule has 0 saturated carbocycles. The van der Waals surface area contributed by atoms with Crippen LogP contribution in [0, 0.1) is 6.92 Å². The molecule has 3 aromatic carbocycles. The number of pyridine rings is 1. The zero-order chi connectivity index (χ0) is 27.1. The minimum absolute atomic E-state index is 0.0589. The molecule has 1 amide bonds. The van der Waals surface area contributed by atoms with E-state index < -0.39 is 10.0 Å². The molecule has 0 aliphatic rings. The Hall–Kier alpha value is -3.53. The largest absolute Gasteiger partial charge is 0.484 e. The smallest absolute Gasteiger partial charge is 0.261 e. The van der Waals surface area contributed by atoms with E-state index in [0.717, 1.165) is 22.2 Å². The molecule has 0 atom stereocenters. The zero-order valence-corrected chi connectivity index (χ0v) is 22.8. The van der Waals surface area contributed by atoms with Crippen molar-refractivity contribution in [2.24, 2.45) is 0 Å². The Balaban J connectivity index is 1.19. The fraction of sp³-hybridized carbons (Fsp3) is 0.185. The van der Waals surface area contributed by atoms with E-state index >= 15 is 0 Å². The molecule has 11 heteroatoms. The van der Waals surface area contributed by atoms with E-state index in [1.165, 1.54) is 24.3 Å². The van der Waals surface area contributed by atoms with Gasteiger partial charge in [-0.15, -0.1) is 0 Å². The molecule has 8 nitrogen and oxygen atoms in total. The lowest BCUT2D eigenvalue weighted by atomic mass is 10.2. The third kappa shape index (κ3) is 7.28. The first-order valence-corrected chi connectivity index (χ1v) is 14.0. The zero-order valence-electron chi connectivity index (χ0n) is 20.5. The Morgan fingerprint density at radius 3 is 2.53 bits per heavy atom. The highest BCUT2D eigenvalue weighted by Gasteiger charge is 2.15. The van der Waals surface area contributed by atoms with Gasteiger partial charge in [0.05, 0.1) is 16.1 Å². The van der Waals surface area contributed by atoms with Gasteiger partial charge in [-0.3, -0.25) is 14.5 Å². The van der Waals surface area contributed by atoms with Crippen molar-refractivity contribution in [3.8, 4) is 5.75 Å². The molecule has 0 unspecified atom stereocenters. The van der Waals surface area contributed by atoms with Crippen molar-refractivity contribution in [2.75, 3.05) is 29.7 Å². The number of halogens is 2. The SMILES string of the molecule is Cc1ccc(NS(=O)(=O)c2ccc(OCC(=O)NCCCNc3ccnc4cc(Cl)ccc34)cc2)cc1Cl. The number of hydrogen-bond donors (Lipinski definition) is 3. The second-order valence-electron chi connectivity index (χ2n) is 8.48. The van der Waals surface area contributed by atoms with Crippen LogP contribution in [0.5, 0.6) is 5.75 Å². The minimum atomic E-state index is -3.80. The van der Waals surface area contributed by atoms with Crippen molar-refractivity contribution in [1.82, 2.24) is 10.3 Å². The van der Waals surface area contributed by atoms with Gasteiger partial charge in [-0.2, -0.15) is 0 Å². The highest BCUT2D eigenvalue weighted by molar-refractivity contribution is 7.92. The van der Waals surface area contributed by atoms with Crippen LogP contribution in [0.2, 0.25) is 10.0 Å². The summed E-state index contributed by atoms with van der Waals surface area (Å²) in [6.07, 6.45) is 2.42. The number of ether oxygens (including phenoxy) is 1. The highest BCUT2D eigenvalue weighted by Crippen LogP contribution is 2.25. The molecule has 0 aliphatic heterocycles. The first-order chi connectivity index (χ1) is 18.2. The van der Waals surface area contributed by atoms with Crippen molar-refractivity contribution in [3.05, 3.63) is 88.5 Å². The normalized spacial score (nSPS) is 11.2. The van der Waals surface area contributed by atoms with Gasteiger partial charge in [-0.05, 0) is 79.6 Å². The van der Waals surface area contributed by atoms with Crippen LogP contribution in [-0.4, -0.2) is 39.0 Å². The van der Waals surface area contributed by atoms with E-state index in [0.29, 0.717) is 41.0 Å². The van der Waals surface area contributed by atoms with Crippen LogP contribution in [0.15, 0.2) is 77.8 Å². The number of aromatic nitrogens is 1. The number of benzene rings is 3. The molecular formula is C27H26Cl2N4O4S. The van der Waals surface area contributed by atoms with E-state index in [2.05, 4.69) is 20.3 Å². The Labute approximate surface area is 231 Å². The maximum absolute atomic E-state index is 12.6. The van der Waals surface area contributed by atoms with Crippen LogP contribution in [0.25, 0.3) is 10.9 Å². The first-order valence-electron chi connectivity index (χ1n) is 11.8. The average Bonchev–Trinajstić information content (AvgIpc) is 2.89. The standard InChI is InChI=1S/C27H26Cl2N4O4S/c1-18-3-5-20(16-24(18)29)33-38(35,36)22-8-6-21(7-9-22)37-17-27(34)32-13-2-12-30-25-11-14-31-26-15-19(28)4-10-23(25)26/h3-11,14-16,33H,2,12-13,17H2,1H3,(H,30,31)(H,32,34). The summed E-state index contributed by atoms with van der Waals surface area (Å²) in [6, 6.07) is 18.2. The van der Waals surface area contributed by atoms with E-state index in [1.807, 2.05) is 31.2 Å². The highest BCUT2D eigenvalue weighted by atomic mass is 35.5. The molecule has 3 N–H and O–H groups in total. The fourth-order valence-corrected chi connectivity index (χ4v) is 5.00. The summed E-state index contributed by atoms with van der Waals surface area (Å²) in [4.78, 5) is 16.5. The Morgan fingerprint density at radius 2 is 1.76 bits per heavy atom. The van der Waals surface area contributed by atoms with Gasteiger partial charge in [-0.1, -0.05) is 29.3 Å². The molecule has 0 saturated heterocycles. The summed E-state index contributed by atoms with van der Waals surface area (Å²) in [5.41, 5.74) is 2.98. The molecule has 4 rings (SSSR count). The number of hydrogen-bond acceptors (Lipinski definition) is 6. The number of anilines is 2. The number of nitrogens with zero attached hydrogens (tertiary/aromatic N) is 1. The molecule has 198 valence electrons. The van der Waals surface area contributed by atoms with Crippen LogP contribution in [0.3, 0.4) is 0 Å². The van der Waals surface area contributed by atoms with Crippen molar-refractivity contribution in [1.29, 1.82) is 0 Å². The van der Waals surface area contributed by atoms with Gasteiger partial charge >= 0.3 is 0 Å². The maximum Gasteiger partial charge on any atom is 0.261 e. The van der Waals surface area contributed by atoms with Crippen LogP contribution in [0.1, 0.15) is 12.0 Å². The lowest BCUT2D eigenvalue weighted by molar-refractivity contribution is -0.123. The van der Waals surface area contributed by atoms with Crippen LogP contribution < -0.4 is 20.1 Å². The molecule has 0 bridgehead atoms. The van der Waals surface area contributed by atoms with Gasteiger partial charge in [0, 0.05) is 40.4 Å². The van der Waals surface area contributed by atoms with Crippen molar-refractivity contribution < 1.29 is 17.9 Å². The number of nitrogens with one attached hydrogen (secondary N) is 3. The molecule has 1 heterocycles. The number of amides is 1. The van der Waals surface area contributed by atoms with Crippen molar-refractivity contribution >= 4 is 61.4 Å². The van der Waals surface area contributed by atoms with Gasteiger partial charge < -0.3 is 15.4 Å². The summed E-state index contributed by atoms with van der Waals surface area (Å²) >= 11 is 12.1. The predicted octanol–water partition coefficient (Wildman–Crippen LogP) is 5.65. The maximum atomic E-state index is 12.6. The number of rotatable bonds is 11. The first kappa shape index (κ1) is 27.5. The number of sulfonamides is 1. The third-order valence-corrected chi connectivity index (χ3v) is 7.66. The van der Waals surface area contributed by atoms with Crippen LogP contribution >= 0.6 is 23.2 Å². The number of fused-ring (bicyclic) bond motifs is 1. The summed E-state index contributed by atoms with van der Waals surface area (Å²) in [6.45, 7) is 2.77. The number of carbonyl (C=O) groups is 1. The summed E-state index contributed by atoms with van der Waals surface area (Å²) < 4.78 is 33.3. The monoisotopic (exact) mass is 572 g/mol. The van der Waals surface area contributed by atoms with Crippen molar-refractivity contribution in [3.63, 3.8) is 0 Å². The molecule has 4 aromatic rings. The molecule has 1 aromatic heterocycles. The molecule has 0 aliphatic carbocycles. The topological polar surface area (TPSA) is 109 Å². The molecular weight excluding hydrogens is 547 g/mol. The molecule has 0 spiro atoms. The van der Waals surface area contributed by atoms with Gasteiger partial charge in [-0.25, -0.2) is 8.42 Å². The Kier molecular flexibility index (Phi) is 8.93. The summed E-state index contributed by atoms with van der Waals surface area (Å²) in [5.74, 6) is 0.104. The lowest BCUT2D eigenvalue weighted by Gasteiger charge is -2.11. The van der Waals surface area contributed by atoms with E-state index in [1.54, 1.807) is 24.4 Å². The van der Waals surface area contributed by atoms with Gasteiger partial charge in [0.15, 0.2) is 6.61 Å². The lowest BCUT2D eigenvalue weighted by Crippen LogP contribution is -2.30. The Bertz CT molecular complexity index is 1550.